The third-order valence-corrected chi connectivity index (χ3v) is 4.05. The Balaban J connectivity index is 4.08. The van der Waals surface area contributed by atoms with Crippen LogP contribution in [0.15, 0.2) is 0 Å². The van der Waals surface area contributed by atoms with Crippen LogP contribution < -0.4 is 0 Å². The normalized spacial score (nSPS) is 13.3. The summed E-state index contributed by atoms with van der Waals surface area (Å²) in [6.45, 7) is 7.56. The molecular weight excluding hydrogens is 195 g/mol. The molecule has 0 bridgehead atoms. The van der Waals surface area contributed by atoms with E-state index in [4.69, 9.17) is 0 Å². The molecule has 0 atom stereocenters. The van der Waals surface area contributed by atoms with Gasteiger partial charge in [0, 0.05) is 0 Å². The van der Waals surface area contributed by atoms with E-state index in [1.807, 2.05) is 0 Å². The maximum Gasteiger partial charge on any atom is 0.241 e. The number of rotatable bonds is 7. The highest BCUT2D eigenvalue weighted by atomic mass is 28.4. The van der Waals surface area contributed by atoms with Gasteiger partial charge in [-0.05, 0) is 38.4 Å². The minimum Gasteiger partial charge on any atom is -0.390 e. The predicted molar refractivity (Wildman–Crippen MR) is 62.8 cm³/mol. The van der Waals surface area contributed by atoms with E-state index in [1.165, 1.54) is 0 Å². The van der Waals surface area contributed by atoms with E-state index >= 15 is 0 Å². The van der Waals surface area contributed by atoms with Crippen LogP contribution in [0, 0.1) is 0 Å². The first-order valence-electron chi connectivity index (χ1n) is 5.74. The molecule has 0 aromatic carbocycles. The molecule has 0 unspecified atom stereocenters. The maximum absolute atomic E-state index is 13.4. The molecule has 1 N–H and O–H groups in total. The van der Waals surface area contributed by atoms with E-state index in [-0.39, 0.29) is 0 Å². The Labute approximate surface area is 88.9 Å². The van der Waals surface area contributed by atoms with Gasteiger partial charge < -0.3 is 9.21 Å². The summed E-state index contributed by atoms with van der Waals surface area (Å²) in [6, 6.07) is 0.587. The zero-order chi connectivity index (χ0) is 11.2. The summed E-state index contributed by atoms with van der Waals surface area (Å²) < 4.78 is 13.4. The Bertz CT molecular complexity index is 148. The molecule has 86 valence electrons. The summed E-state index contributed by atoms with van der Waals surface area (Å²) in [5.74, 6) is 0. The van der Waals surface area contributed by atoms with E-state index in [1.54, 1.807) is 13.1 Å². The van der Waals surface area contributed by atoms with Crippen molar-refractivity contribution in [3.05, 3.63) is 0 Å². The van der Waals surface area contributed by atoms with Crippen molar-refractivity contribution in [1.29, 1.82) is 0 Å². The topological polar surface area (TPSA) is 20.2 Å². The highest BCUT2D eigenvalue weighted by Crippen LogP contribution is 2.28. The number of hydrogen-bond acceptors (Lipinski definition) is 1. The molecule has 0 rings (SSSR count). The smallest absolute Gasteiger partial charge is 0.241 e. The fourth-order valence-corrected chi connectivity index (χ4v) is 2.90. The van der Waals surface area contributed by atoms with Crippen molar-refractivity contribution in [2.45, 2.75) is 70.7 Å². The van der Waals surface area contributed by atoms with Crippen molar-refractivity contribution in [3.63, 3.8) is 0 Å². The second-order valence-corrected chi connectivity index (χ2v) is 8.88. The first kappa shape index (κ1) is 14.1. The van der Waals surface area contributed by atoms with E-state index in [0.29, 0.717) is 12.5 Å². The lowest BCUT2D eigenvalue weighted by molar-refractivity contribution is 0.0169. The van der Waals surface area contributed by atoms with Crippen LogP contribution in [0.4, 0.5) is 4.11 Å². The van der Waals surface area contributed by atoms with Crippen LogP contribution >= 0.6 is 0 Å². The first-order valence-corrected chi connectivity index (χ1v) is 8.83. The molecule has 0 fully saturated rings. The Morgan fingerprint density at radius 2 is 1.50 bits per heavy atom. The fourth-order valence-electron chi connectivity index (χ4n) is 1.84. The molecule has 0 aromatic heterocycles. The van der Waals surface area contributed by atoms with Gasteiger partial charge in [-0.2, -0.15) is 0 Å². The Morgan fingerprint density at radius 3 is 1.79 bits per heavy atom. The molecular formula is C11H25FOSi. The lowest BCUT2D eigenvalue weighted by atomic mass is 9.90. The second-order valence-electron chi connectivity index (χ2n) is 4.94. The van der Waals surface area contributed by atoms with Gasteiger partial charge in [0.15, 0.2) is 0 Å². The van der Waals surface area contributed by atoms with E-state index in [2.05, 4.69) is 13.8 Å². The monoisotopic (exact) mass is 220 g/mol. The van der Waals surface area contributed by atoms with Gasteiger partial charge in [0.1, 0.15) is 0 Å². The Kier molecular flexibility index (Phi) is 5.90. The summed E-state index contributed by atoms with van der Waals surface area (Å²) in [4.78, 5) is 0. The molecule has 3 heteroatoms. The first-order chi connectivity index (χ1) is 6.33. The van der Waals surface area contributed by atoms with Crippen LogP contribution in [0.5, 0.6) is 0 Å². The molecule has 0 saturated carbocycles. The number of aliphatic hydroxyl groups is 1. The van der Waals surface area contributed by atoms with Crippen molar-refractivity contribution in [2.75, 3.05) is 0 Å². The molecule has 0 saturated heterocycles. The third-order valence-electron chi connectivity index (χ3n) is 2.62. The van der Waals surface area contributed by atoms with Crippen molar-refractivity contribution in [3.8, 4) is 0 Å². The van der Waals surface area contributed by atoms with Gasteiger partial charge in [0.05, 0.1) is 5.60 Å². The van der Waals surface area contributed by atoms with Crippen LogP contribution in [0.1, 0.15) is 46.0 Å². The number of halogens is 1. The molecule has 1 nitrogen and oxygen atoms in total. The van der Waals surface area contributed by atoms with Gasteiger partial charge in [-0.1, -0.05) is 26.7 Å². The SMILES string of the molecule is CCCC(O)(CCC)CC[Si](C)(C)F. The van der Waals surface area contributed by atoms with Crippen LogP contribution in [0.3, 0.4) is 0 Å². The fraction of sp³-hybridized carbons (Fsp3) is 1.00. The van der Waals surface area contributed by atoms with Gasteiger partial charge in [-0.3, -0.25) is 0 Å². The van der Waals surface area contributed by atoms with E-state index in [0.717, 1.165) is 25.7 Å². The summed E-state index contributed by atoms with van der Waals surface area (Å²) in [5.41, 5.74) is -0.597. The quantitative estimate of drug-likeness (QED) is 0.510. The van der Waals surface area contributed by atoms with Crippen molar-refractivity contribution >= 4 is 8.41 Å². The average Bonchev–Trinajstić information content (AvgIpc) is 2.01. The molecule has 0 aliphatic heterocycles. The minimum atomic E-state index is -2.49. The van der Waals surface area contributed by atoms with E-state index < -0.39 is 14.0 Å². The van der Waals surface area contributed by atoms with Gasteiger partial charge in [-0.25, -0.2) is 0 Å². The van der Waals surface area contributed by atoms with E-state index in [9.17, 15) is 9.21 Å². The molecule has 0 aliphatic rings. The van der Waals surface area contributed by atoms with Crippen LogP contribution in [0.2, 0.25) is 19.1 Å². The Morgan fingerprint density at radius 1 is 1.07 bits per heavy atom. The van der Waals surface area contributed by atoms with Crippen molar-refractivity contribution in [2.24, 2.45) is 0 Å². The van der Waals surface area contributed by atoms with Crippen LogP contribution in [0.25, 0.3) is 0 Å². The maximum atomic E-state index is 13.4. The molecule has 0 heterocycles. The molecule has 0 spiro atoms. The van der Waals surface area contributed by atoms with Crippen LogP contribution in [-0.2, 0) is 0 Å². The third kappa shape index (κ3) is 6.54. The van der Waals surface area contributed by atoms with Gasteiger partial charge >= 0.3 is 0 Å². The summed E-state index contributed by atoms with van der Waals surface area (Å²) in [6.07, 6.45) is 4.22. The molecule has 14 heavy (non-hydrogen) atoms. The average molecular weight is 220 g/mol. The van der Waals surface area contributed by atoms with Gasteiger partial charge in [0.2, 0.25) is 8.41 Å². The zero-order valence-electron chi connectivity index (χ0n) is 10.1. The number of hydrogen-bond donors (Lipinski definition) is 1. The lowest BCUT2D eigenvalue weighted by Crippen LogP contribution is -2.31. The highest BCUT2D eigenvalue weighted by molar-refractivity contribution is 6.70. The summed E-state index contributed by atoms with van der Waals surface area (Å²) >= 11 is 0. The van der Waals surface area contributed by atoms with Crippen molar-refractivity contribution < 1.29 is 9.21 Å². The van der Waals surface area contributed by atoms with Gasteiger partial charge in [-0.15, -0.1) is 0 Å². The minimum absolute atomic E-state index is 0.587. The predicted octanol–water partition coefficient (Wildman–Crippen LogP) is 3.88. The van der Waals surface area contributed by atoms with Gasteiger partial charge in [0.25, 0.3) is 0 Å². The lowest BCUT2D eigenvalue weighted by Gasteiger charge is -2.29. The molecule has 0 radical (unpaired) electrons. The standard InChI is InChI=1S/C11H25FOSi/c1-5-7-11(13,8-6-2)9-10-14(3,4)12/h13H,5-10H2,1-4H3. The second kappa shape index (κ2) is 5.86. The van der Waals surface area contributed by atoms with Crippen molar-refractivity contribution in [1.82, 2.24) is 0 Å². The Hall–Kier alpha value is 0.107. The molecule has 0 amide bonds. The summed E-state index contributed by atoms with van der Waals surface area (Å²) in [5, 5.41) is 10.2. The highest BCUT2D eigenvalue weighted by Gasteiger charge is 2.29. The molecule has 0 aromatic rings. The molecule has 0 aliphatic carbocycles. The van der Waals surface area contributed by atoms with Crippen LogP contribution in [-0.4, -0.2) is 19.1 Å². The zero-order valence-corrected chi connectivity index (χ0v) is 11.1. The summed E-state index contributed by atoms with van der Waals surface area (Å²) in [7, 11) is -2.49. The largest absolute Gasteiger partial charge is 0.390 e.